The largest absolute Gasteiger partial charge is 0.480 e. The molecule has 0 saturated heterocycles. The number of carboxylic acids is 1. The number of carboxylic acid groups (broad SMARTS) is 1. The molecule has 1 atom stereocenters. The summed E-state index contributed by atoms with van der Waals surface area (Å²) in [5.41, 5.74) is 4.04. The van der Waals surface area contributed by atoms with Crippen molar-refractivity contribution in [3.05, 3.63) is 59.7 Å². The summed E-state index contributed by atoms with van der Waals surface area (Å²) in [6, 6.07) is 13.8. The lowest BCUT2D eigenvalue weighted by atomic mass is 9.98. The number of carbonyl (C=O) groups is 2. The van der Waals surface area contributed by atoms with E-state index in [1.54, 1.807) is 0 Å². The van der Waals surface area contributed by atoms with Gasteiger partial charge in [-0.15, -0.1) is 0 Å². The van der Waals surface area contributed by atoms with E-state index in [2.05, 4.69) is 4.74 Å². The third-order valence-corrected chi connectivity index (χ3v) is 4.92. The molecule has 0 bridgehead atoms. The number of nitrogens with zero attached hydrogens (tertiary/aromatic N) is 1. The monoisotopic (exact) mass is 423 g/mol. The number of rotatable bonds is 7. The van der Waals surface area contributed by atoms with Crippen molar-refractivity contribution in [2.24, 2.45) is 0 Å². The summed E-state index contributed by atoms with van der Waals surface area (Å²) in [4.78, 5) is 24.5. The van der Waals surface area contributed by atoms with Gasteiger partial charge in [-0.05, 0) is 22.3 Å². The summed E-state index contributed by atoms with van der Waals surface area (Å²) in [6.07, 6.45) is -5.55. The standard InChI is InChI=1S/C21H20F3NO5/c1-25(18(19(26)27)11-29-12-21(22,23)24)20(28)30-10-17-15-8-4-2-6-13(15)14-7-3-5-9-16(14)17/h2-9,17-18H,10-12H2,1H3,(H,26,27). The molecule has 1 amide bonds. The first-order chi connectivity index (χ1) is 14.2. The molecule has 1 unspecified atom stereocenters. The van der Waals surface area contributed by atoms with Gasteiger partial charge in [-0.2, -0.15) is 13.2 Å². The van der Waals surface area contributed by atoms with E-state index in [4.69, 9.17) is 4.74 Å². The number of hydrogen-bond donors (Lipinski definition) is 1. The van der Waals surface area contributed by atoms with Crippen molar-refractivity contribution in [3.8, 4) is 11.1 Å². The minimum atomic E-state index is -4.59. The van der Waals surface area contributed by atoms with E-state index in [1.165, 1.54) is 0 Å². The number of carbonyl (C=O) groups excluding carboxylic acids is 1. The topological polar surface area (TPSA) is 76.1 Å². The van der Waals surface area contributed by atoms with Gasteiger partial charge in [-0.1, -0.05) is 48.5 Å². The number of likely N-dealkylation sites (N-methyl/N-ethyl adjacent to an activating group) is 1. The molecule has 0 heterocycles. The van der Waals surface area contributed by atoms with Crippen molar-refractivity contribution >= 4 is 12.1 Å². The highest BCUT2D eigenvalue weighted by molar-refractivity contribution is 5.81. The van der Waals surface area contributed by atoms with Crippen LogP contribution in [-0.4, -0.2) is 61.2 Å². The van der Waals surface area contributed by atoms with E-state index in [9.17, 15) is 27.9 Å². The first kappa shape index (κ1) is 21.6. The molecule has 0 aliphatic heterocycles. The van der Waals surface area contributed by atoms with Crippen LogP contribution in [0, 0.1) is 0 Å². The minimum Gasteiger partial charge on any atom is -0.480 e. The van der Waals surface area contributed by atoms with Gasteiger partial charge in [0, 0.05) is 13.0 Å². The Balaban J connectivity index is 1.66. The normalized spacial score (nSPS) is 14.0. The van der Waals surface area contributed by atoms with Crippen LogP contribution >= 0.6 is 0 Å². The van der Waals surface area contributed by atoms with Gasteiger partial charge in [0.25, 0.3) is 0 Å². The molecule has 9 heteroatoms. The molecule has 2 aromatic carbocycles. The van der Waals surface area contributed by atoms with Gasteiger partial charge in [0.05, 0.1) is 6.61 Å². The number of hydrogen-bond acceptors (Lipinski definition) is 4. The van der Waals surface area contributed by atoms with Crippen LogP contribution in [0.3, 0.4) is 0 Å². The van der Waals surface area contributed by atoms with Gasteiger partial charge >= 0.3 is 18.2 Å². The summed E-state index contributed by atoms with van der Waals surface area (Å²) in [7, 11) is 1.15. The fourth-order valence-electron chi connectivity index (χ4n) is 3.46. The molecule has 1 aliphatic carbocycles. The summed E-state index contributed by atoms with van der Waals surface area (Å²) in [5, 5.41) is 9.25. The third kappa shape index (κ3) is 4.73. The molecule has 0 fully saturated rings. The average Bonchev–Trinajstić information content (AvgIpc) is 3.02. The maximum atomic E-state index is 12.4. The molecule has 3 rings (SSSR count). The summed E-state index contributed by atoms with van der Waals surface area (Å²) < 4.78 is 46.4. The Labute approximate surface area is 170 Å². The number of fused-ring (bicyclic) bond motifs is 3. The van der Waals surface area contributed by atoms with Crippen LogP contribution in [0.4, 0.5) is 18.0 Å². The van der Waals surface area contributed by atoms with Crippen LogP contribution in [0.1, 0.15) is 17.0 Å². The van der Waals surface area contributed by atoms with E-state index in [1.807, 2.05) is 48.5 Å². The van der Waals surface area contributed by atoms with Gasteiger partial charge in [-0.3, -0.25) is 4.90 Å². The fourth-order valence-corrected chi connectivity index (χ4v) is 3.46. The molecule has 0 radical (unpaired) electrons. The Kier molecular flexibility index (Phi) is 6.31. The van der Waals surface area contributed by atoms with E-state index < -0.39 is 37.5 Å². The van der Waals surface area contributed by atoms with Crippen molar-refractivity contribution in [3.63, 3.8) is 0 Å². The molecule has 160 valence electrons. The van der Waals surface area contributed by atoms with Crippen LogP contribution in [0.15, 0.2) is 48.5 Å². The zero-order valence-corrected chi connectivity index (χ0v) is 16.1. The molecule has 0 aromatic heterocycles. The van der Waals surface area contributed by atoms with Gasteiger partial charge < -0.3 is 14.6 Å². The highest BCUT2D eigenvalue weighted by Crippen LogP contribution is 2.44. The number of halogens is 3. The number of aliphatic carboxylic acids is 1. The van der Waals surface area contributed by atoms with Gasteiger partial charge in [0.2, 0.25) is 0 Å². The minimum absolute atomic E-state index is 0.0348. The number of amides is 1. The number of alkyl halides is 3. The molecule has 0 saturated carbocycles. The molecule has 0 spiro atoms. The lowest BCUT2D eigenvalue weighted by molar-refractivity contribution is -0.179. The quantitative estimate of drug-likeness (QED) is 0.731. The lowest BCUT2D eigenvalue weighted by Crippen LogP contribution is -2.46. The first-order valence-corrected chi connectivity index (χ1v) is 9.14. The van der Waals surface area contributed by atoms with Crippen molar-refractivity contribution in [1.82, 2.24) is 4.90 Å². The van der Waals surface area contributed by atoms with Gasteiger partial charge in [-0.25, -0.2) is 9.59 Å². The number of ether oxygens (including phenoxy) is 2. The van der Waals surface area contributed by atoms with Crippen LogP contribution in [-0.2, 0) is 14.3 Å². The Morgan fingerprint density at radius 3 is 2.10 bits per heavy atom. The van der Waals surface area contributed by atoms with Crippen molar-refractivity contribution in [2.45, 2.75) is 18.1 Å². The second kappa shape index (κ2) is 8.74. The molecule has 6 nitrogen and oxygen atoms in total. The predicted molar refractivity (Wildman–Crippen MR) is 101 cm³/mol. The maximum absolute atomic E-state index is 12.4. The van der Waals surface area contributed by atoms with E-state index in [0.29, 0.717) is 0 Å². The smallest absolute Gasteiger partial charge is 0.411 e. The van der Waals surface area contributed by atoms with Crippen LogP contribution < -0.4 is 0 Å². The maximum Gasteiger partial charge on any atom is 0.411 e. The van der Waals surface area contributed by atoms with Gasteiger partial charge in [0.15, 0.2) is 6.04 Å². The van der Waals surface area contributed by atoms with E-state index in [-0.39, 0.29) is 12.5 Å². The Hall–Kier alpha value is -3.07. The summed E-state index contributed by atoms with van der Waals surface area (Å²) >= 11 is 0. The van der Waals surface area contributed by atoms with Crippen molar-refractivity contribution in [2.75, 3.05) is 26.9 Å². The molecule has 30 heavy (non-hydrogen) atoms. The zero-order valence-electron chi connectivity index (χ0n) is 16.1. The highest BCUT2D eigenvalue weighted by Gasteiger charge is 2.33. The number of benzene rings is 2. The van der Waals surface area contributed by atoms with Gasteiger partial charge in [0.1, 0.15) is 13.2 Å². The zero-order chi connectivity index (χ0) is 21.9. The second-order valence-corrected chi connectivity index (χ2v) is 6.90. The average molecular weight is 423 g/mol. The van der Waals surface area contributed by atoms with Crippen LogP contribution in [0.5, 0.6) is 0 Å². The highest BCUT2D eigenvalue weighted by atomic mass is 19.4. The molecular formula is C21H20F3NO5. The Morgan fingerprint density at radius 2 is 1.60 bits per heavy atom. The Morgan fingerprint density at radius 1 is 1.07 bits per heavy atom. The molecule has 1 N–H and O–H groups in total. The summed E-state index contributed by atoms with van der Waals surface area (Å²) in [5.74, 6) is -1.72. The second-order valence-electron chi connectivity index (χ2n) is 6.90. The first-order valence-electron chi connectivity index (χ1n) is 9.14. The summed E-state index contributed by atoms with van der Waals surface area (Å²) in [6.45, 7) is -2.45. The van der Waals surface area contributed by atoms with E-state index >= 15 is 0 Å². The van der Waals surface area contributed by atoms with Crippen molar-refractivity contribution < 1.29 is 37.3 Å². The van der Waals surface area contributed by atoms with Crippen LogP contribution in [0.25, 0.3) is 11.1 Å². The Bertz CT molecular complexity index is 885. The third-order valence-electron chi connectivity index (χ3n) is 4.92. The molecule has 1 aliphatic rings. The van der Waals surface area contributed by atoms with Crippen molar-refractivity contribution in [1.29, 1.82) is 0 Å². The fraction of sp³-hybridized carbons (Fsp3) is 0.333. The molecular weight excluding hydrogens is 403 g/mol. The van der Waals surface area contributed by atoms with Crippen LogP contribution in [0.2, 0.25) is 0 Å². The predicted octanol–water partition coefficient (Wildman–Crippen LogP) is 3.90. The SMILES string of the molecule is CN(C(=O)OCC1c2ccccc2-c2ccccc21)C(COCC(F)(F)F)C(=O)O. The van der Waals surface area contributed by atoms with E-state index in [0.717, 1.165) is 34.2 Å². The lowest BCUT2D eigenvalue weighted by Gasteiger charge is -2.25. The molecule has 2 aromatic rings.